The Kier molecular flexibility index (Phi) is 4.11. The van der Waals surface area contributed by atoms with Crippen molar-refractivity contribution in [2.24, 2.45) is 12.8 Å². The van der Waals surface area contributed by atoms with Gasteiger partial charge in [0.2, 0.25) is 0 Å². The Balaban J connectivity index is 2.02. The van der Waals surface area contributed by atoms with Crippen LogP contribution in [-0.2, 0) is 13.5 Å². The summed E-state index contributed by atoms with van der Waals surface area (Å²) in [5, 5.41) is 7.59. The van der Waals surface area contributed by atoms with Crippen LogP contribution in [0.1, 0.15) is 17.0 Å². The number of thiocarbonyl (C=S) groups is 1. The molecule has 0 aliphatic carbocycles. The molecular formula is C13H17N5S. The molecule has 0 aliphatic heterocycles. The number of hydrogen-bond donors (Lipinski definition) is 2. The van der Waals surface area contributed by atoms with Gasteiger partial charge in [0.1, 0.15) is 10.8 Å². The average molecular weight is 275 g/mol. The van der Waals surface area contributed by atoms with E-state index in [1.54, 1.807) is 4.68 Å². The Morgan fingerprint density at radius 3 is 2.84 bits per heavy atom. The molecule has 0 spiro atoms. The lowest BCUT2D eigenvalue weighted by Crippen LogP contribution is -2.16. The molecule has 0 bridgehead atoms. The van der Waals surface area contributed by atoms with Gasteiger partial charge in [0, 0.05) is 31.9 Å². The van der Waals surface area contributed by atoms with E-state index in [1.165, 1.54) is 0 Å². The summed E-state index contributed by atoms with van der Waals surface area (Å²) in [6.45, 7) is 2.68. The number of hydrogen-bond acceptors (Lipinski definition) is 4. The second-order valence-electron chi connectivity index (χ2n) is 4.37. The maximum atomic E-state index is 5.69. The van der Waals surface area contributed by atoms with Crippen LogP contribution in [0.2, 0.25) is 0 Å². The molecular weight excluding hydrogens is 258 g/mol. The van der Waals surface area contributed by atoms with Gasteiger partial charge in [0.05, 0.1) is 11.3 Å². The van der Waals surface area contributed by atoms with E-state index in [0.29, 0.717) is 4.99 Å². The number of aromatic nitrogens is 3. The molecule has 0 aliphatic rings. The maximum absolute atomic E-state index is 5.69. The van der Waals surface area contributed by atoms with Gasteiger partial charge in [0.25, 0.3) is 0 Å². The van der Waals surface area contributed by atoms with E-state index in [0.717, 1.165) is 35.7 Å². The van der Waals surface area contributed by atoms with Gasteiger partial charge < -0.3 is 11.1 Å². The zero-order chi connectivity index (χ0) is 13.8. The first-order valence-electron chi connectivity index (χ1n) is 6.06. The van der Waals surface area contributed by atoms with Crippen LogP contribution >= 0.6 is 12.2 Å². The highest BCUT2D eigenvalue weighted by Crippen LogP contribution is 2.13. The number of aryl methyl sites for hydroxylation is 2. The highest BCUT2D eigenvalue weighted by atomic mass is 32.1. The van der Waals surface area contributed by atoms with Crippen molar-refractivity contribution in [3.05, 3.63) is 41.3 Å². The zero-order valence-corrected chi connectivity index (χ0v) is 11.9. The summed E-state index contributed by atoms with van der Waals surface area (Å²) < 4.78 is 1.79. The van der Waals surface area contributed by atoms with E-state index in [4.69, 9.17) is 18.0 Å². The molecule has 0 amide bonds. The van der Waals surface area contributed by atoms with Gasteiger partial charge in [0.15, 0.2) is 0 Å². The Bertz CT molecular complexity index is 590. The van der Waals surface area contributed by atoms with Crippen molar-refractivity contribution in [3.8, 4) is 0 Å². The third kappa shape index (κ3) is 3.51. The van der Waals surface area contributed by atoms with Crippen molar-refractivity contribution in [1.82, 2.24) is 14.8 Å². The van der Waals surface area contributed by atoms with Gasteiger partial charge in [-0.05, 0) is 25.1 Å². The van der Waals surface area contributed by atoms with Crippen LogP contribution in [0.5, 0.6) is 0 Å². The summed E-state index contributed by atoms with van der Waals surface area (Å²) in [4.78, 5) is 4.78. The summed E-state index contributed by atoms with van der Waals surface area (Å²) in [5.41, 5.74) is 8.44. The molecule has 0 unspecified atom stereocenters. The minimum atomic E-state index is 0.354. The number of nitrogens with zero attached hydrogens (tertiary/aromatic N) is 3. The Labute approximate surface area is 117 Å². The fourth-order valence-corrected chi connectivity index (χ4v) is 1.96. The fraction of sp³-hybridized carbons (Fsp3) is 0.308. The summed E-state index contributed by atoms with van der Waals surface area (Å²) >= 11 is 5.02. The average Bonchev–Trinajstić information content (AvgIpc) is 2.75. The lowest BCUT2D eigenvalue weighted by Gasteiger charge is -2.10. The highest BCUT2D eigenvalue weighted by Gasteiger charge is 2.07. The van der Waals surface area contributed by atoms with E-state index in [2.05, 4.69) is 15.4 Å². The number of anilines is 1. The van der Waals surface area contributed by atoms with E-state index < -0.39 is 0 Å². The monoisotopic (exact) mass is 275 g/mol. The Morgan fingerprint density at radius 1 is 1.42 bits per heavy atom. The van der Waals surface area contributed by atoms with Crippen molar-refractivity contribution in [1.29, 1.82) is 0 Å². The molecule has 3 N–H and O–H groups in total. The molecule has 0 saturated heterocycles. The van der Waals surface area contributed by atoms with E-state index in [-0.39, 0.29) is 0 Å². The van der Waals surface area contributed by atoms with Gasteiger partial charge in [-0.1, -0.05) is 12.2 Å². The van der Waals surface area contributed by atoms with Crippen LogP contribution in [0, 0.1) is 6.92 Å². The van der Waals surface area contributed by atoms with Gasteiger partial charge in [-0.2, -0.15) is 5.10 Å². The lowest BCUT2D eigenvalue weighted by molar-refractivity contribution is 0.742. The molecule has 0 aromatic carbocycles. The second-order valence-corrected chi connectivity index (χ2v) is 4.81. The maximum Gasteiger partial charge on any atom is 0.136 e. The van der Waals surface area contributed by atoms with Crippen LogP contribution in [0.3, 0.4) is 0 Å². The number of pyridine rings is 1. The van der Waals surface area contributed by atoms with Gasteiger partial charge in [-0.15, -0.1) is 0 Å². The van der Waals surface area contributed by atoms with Crippen LogP contribution in [0.4, 0.5) is 5.82 Å². The van der Waals surface area contributed by atoms with Crippen molar-refractivity contribution in [2.45, 2.75) is 13.3 Å². The molecule has 6 heteroatoms. The molecule has 0 saturated carbocycles. The molecule has 0 radical (unpaired) electrons. The molecule has 2 rings (SSSR count). The van der Waals surface area contributed by atoms with Gasteiger partial charge in [-0.3, -0.25) is 4.68 Å². The third-order valence-corrected chi connectivity index (χ3v) is 2.96. The summed E-state index contributed by atoms with van der Waals surface area (Å²) in [6, 6.07) is 5.80. The van der Waals surface area contributed by atoms with E-state index >= 15 is 0 Å². The van der Waals surface area contributed by atoms with E-state index in [1.807, 2.05) is 38.4 Å². The predicted octanol–water partition coefficient (Wildman–Crippen LogP) is 1.41. The summed E-state index contributed by atoms with van der Waals surface area (Å²) in [5.74, 6) is 0.739. The van der Waals surface area contributed by atoms with Gasteiger partial charge >= 0.3 is 0 Å². The predicted molar refractivity (Wildman–Crippen MR) is 80.3 cm³/mol. The largest absolute Gasteiger partial charge is 0.389 e. The first-order chi connectivity index (χ1) is 9.06. The third-order valence-electron chi connectivity index (χ3n) is 2.74. The van der Waals surface area contributed by atoms with Crippen LogP contribution in [0.25, 0.3) is 0 Å². The molecule has 2 heterocycles. The normalized spacial score (nSPS) is 10.4. The van der Waals surface area contributed by atoms with Crippen molar-refractivity contribution in [3.63, 3.8) is 0 Å². The van der Waals surface area contributed by atoms with Crippen molar-refractivity contribution >= 4 is 23.0 Å². The molecule has 100 valence electrons. The molecule has 0 fully saturated rings. The Morgan fingerprint density at radius 2 is 2.21 bits per heavy atom. The van der Waals surface area contributed by atoms with Crippen molar-refractivity contribution in [2.75, 3.05) is 11.9 Å². The number of nitrogens with two attached hydrogens (primary N) is 1. The zero-order valence-electron chi connectivity index (χ0n) is 11.1. The second kappa shape index (κ2) is 5.79. The molecule has 0 atom stereocenters. The Hall–Kier alpha value is -1.95. The quantitative estimate of drug-likeness (QED) is 0.808. The van der Waals surface area contributed by atoms with Crippen LogP contribution < -0.4 is 11.1 Å². The SMILES string of the molecule is Cc1ccc(C(N)=S)c(NCCc2ccn(C)n2)n1. The van der Waals surface area contributed by atoms with Crippen LogP contribution in [0.15, 0.2) is 24.4 Å². The van der Waals surface area contributed by atoms with Crippen LogP contribution in [-0.4, -0.2) is 26.3 Å². The number of nitrogens with one attached hydrogen (secondary N) is 1. The molecule has 5 nitrogen and oxygen atoms in total. The minimum absolute atomic E-state index is 0.354. The molecule has 2 aromatic rings. The standard InChI is InChI=1S/C13H17N5S/c1-9-3-4-11(12(14)19)13(16-9)15-7-5-10-6-8-18(2)17-10/h3-4,6,8H,5,7H2,1-2H3,(H2,14,19)(H,15,16). The number of rotatable bonds is 5. The first-order valence-corrected chi connectivity index (χ1v) is 6.47. The topological polar surface area (TPSA) is 68.8 Å². The molecule has 2 aromatic heterocycles. The smallest absolute Gasteiger partial charge is 0.136 e. The van der Waals surface area contributed by atoms with Crippen molar-refractivity contribution < 1.29 is 0 Å². The lowest BCUT2D eigenvalue weighted by atomic mass is 10.2. The molecule has 19 heavy (non-hydrogen) atoms. The summed E-state index contributed by atoms with van der Waals surface area (Å²) in [6.07, 6.45) is 2.76. The highest BCUT2D eigenvalue weighted by molar-refractivity contribution is 7.80. The summed E-state index contributed by atoms with van der Waals surface area (Å²) in [7, 11) is 1.91. The van der Waals surface area contributed by atoms with E-state index in [9.17, 15) is 0 Å². The minimum Gasteiger partial charge on any atom is -0.389 e. The fourth-order valence-electron chi connectivity index (χ4n) is 1.80. The first kappa shape index (κ1) is 13.5. The van der Waals surface area contributed by atoms with Gasteiger partial charge in [-0.25, -0.2) is 4.98 Å².